The first-order chi connectivity index (χ1) is 8.90. The number of carboxylic acids is 1. The first-order valence-electron chi connectivity index (χ1n) is 6.45. The molecule has 1 aromatic rings. The standard InChI is InChI=1S/C15H21NO3/c1-10-7-12(3)13(8-11(10)2)9-16-14(17)5-4-6-15(18)19/h7-8H,4-6,9H2,1-3H3,(H,16,17)(H,18,19). The molecule has 0 aliphatic carbocycles. The molecule has 0 radical (unpaired) electrons. The van der Waals surface area contributed by atoms with Crippen molar-refractivity contribution in [3.05, 3.63) is 34.4 Å². The summed E-state index contributed by atoms with van der Waals surface area (Å²) in [6.07, 6.45) is 0.680. The molecule has 2 N–H and O–H groups in total. The van der Waals surface area contributed by atoms with Gasteiger partial charge in [0.05, 0.1) is 0 Å². The summed E-state index contributed by atoms with van der Waals surface area (Å²) in [6, 6.07) is 4.20. The summed E-state index contributed by atoms with van der Waals surface area (Å²) in [5.41, 5.74) is 4.72. The van der Waals surface area contributed by atoms with Gasteiger partial charge in [0, 0.05) is 19.4 Å². The van der Waals surface area contributed by atoms with Gasteiger partial charge in [-0.1, -0.05) is 12.1 Å². The number of aryl methyl sites for hydroxylation is 3. The minimum absolute atomic E-state index is 0.0378. The first-order valence-corrected chi connectivity index (χ1v) is 6.45. The van der Waals surface area contributed by atoms with Crippen molar-refractivity contribution in [1.82, 2.24) is 5.32 Å². The Kier molecular flexibility index (Phi) is 5.55. The zero-order chi connectivity index (χ0) is 14.4. The lowest BCUT2D eigenvalue weighted by molar-refractivity contribution is -0.137. The lowest BCUT2D eigenvalue weighted by Crippen LogP contribution is -2.23. The number of carbonyl (C=O) groups is 2. The number of nitrogens with one attached hydrogen (secondary N) is 1. The number of hydrogen-bond donors (Lipinski definition) is 2. The quantitative estimate of drug-likeness (QED) is 0.828. The predicted molar refractivity (Wildman–Crippen MR) is 74.0 cm³/mol. The van der Waals surface area contributed by atoms with Crippen molar-refractivity contribution in [2.24, 2.45) is 0 Å². The Bertz CT molecular complexity index is 481. The van der Waals surface area contributed by atoms with Crippen LogP contribution in [-0.2, 0) is 16.1 Å². The van der Waals surface area contributed by atoms with E-state index in [1.54, 1.807) is 0 Å². The molecule has 104 valence electrons. The van der Waals surface area contributed by atoms with E-state index in [1.807, 2.05) is 13.8 Å². The van der Waals surface area contributed by atoms with Gasteiger partial charge in [-0.3, -0.25) is 9.59 Å². The second-order valence-corrected chi connectivity index (χ2v) is 4.89. The van der Waals surface area contributed by atoms with Gasteiger partial charge in [-0.2, -0.15) is 0 Å². The second kappa shape index (κ2) is 6.92. The molecule has 0 fully saturated rings. The van der Waals surface area contributed by atoms with Gasteiger partial charge in [0.15, 0.2) is 0 Å². The van der Waals surface area contributed by atoms with E-state index in [0.29, 0.717) is 13.0 Å². The Morgan fingerprint density at radius 3 is 2.32 bits per heavy atom. The average molecular weight is 263 g/mol. The van der Waals surface area contributed by atoms with E-state index < -0.39 is 5.97 Å². The van der Waals surface area contributed by atoms with Crippen LogP contribution in [0.25, 0.3) is 0 Å². The van der Waals surface area contributed by atoms with Crippen molar-refractivity contribution in [3.63, 3.8) is 0 Å². The van der Waals surface area contributed by atoms with Crippen LogP contribution in [0.2, 0.25) is 0 Å². The number of carbonyl (C=O) groups excluding carboxylic acids is 1. The van der Waals surface area contributed by atoms with E-state index in [9.17, 15) is 9.59 Å². The van der Waals surface area contributed by atoms with Crippen molar-refractivity contribution < 1.29 is 14.7 Å². The number of aliphatic carboxylic acids is 1. The van der Waals surface area contributed by atoms with Gasteiger partial charge in [0.25, 0.3) is 0 Å². The smallest absolute Gasteiger partial charge is 0.303 e. The molecule has 1 amide bonds. The number of hydrogen-bond acceptors (Lipinski definition) is 2. The monoisotopic (exact) mass is 263 g/mol. The molecule has 0 aliphatic rings. The summed E-state index contributed by atoms with van der Waals surface area (Å²) >= 11 is 0. The van der Waals surface area contributed by atoms with Crippen molar-refractivity contribution in [2.45, 2.75) is 46.6 Å². The van der Waals surface area contributed by atoms with Gasteiger partial charge >= 0.3 is 5.97 Å². The van der Waals surface area contributed by atoms with Crippen LogP contribution in [0.4, 0.5) is 0 Å². The highest BCUT2D eigenvalue weighted by Gasteiger charge is 2.06. The molecule has 0 aromatic heterocycles. The summed E-state index contributed by atoms with van der Waals surface area (Å²) < 4.78 is 0. The number of benzene rings is 1. The normalized spacial score (nSPS) is 10.3. The van der Waals surface area contributed by atoms with Crippen LogP contribution < -0.4 is 5.32 Å². The fourth-order valence-corrected chi connectivity index (χ4v) is 1.89. The van der Waals surface area contributed by atoms with Crippen molar-refractivity contribution in [2.75, 3.05) is 0 Å². The molecule has 19 heavy (non-hydrogen) atoms. The van der Waals surface area contributed by atoms with Crippen molar-refractivity contribution in [3.8, 4) is 0 Å². The molecular formula is C15H21NO3. The van der Waals surface area contributed by atoms with Gasteiger partial charge in [-0.15, -0.1) is 0 Å². The molecule has 1 aromatic carbocycles. The zero-order valence-corrected chi connectivity index (χ0v) is 11.7. The van der Waals surface area contributed by atoms with Crippen LogP contribution >= 0.6 is 0 Å². The molecule has 1 rings (SSSR count). The van der Waals surface area contributed by atoms with E-state index >= 15 is 0 Å². The third-order valence-electron chi connectivity index (χ3n) is 3.22. The summed E-state index contributed by atoms with van der Waals surface area (Å²) in [4.78, 5) is 21.9. The van der Waals surface area contributed by atoms with Crippen LogP contribution in [0.15, 0.2) is 12.1 Å². The van der Waals surface area contributed by atoms with Crippen LogP contribution in [-0.4, -0.2) is 17.0 Å². The average Bonchev–Trinajstić information content (AvgIpc) is 2.31. The Morgan fingerprint density at radius 2 is 1.68 bits per heavy atom. The number of amides is 1. The molecule has 0 bridgehead atoms. The van der Waals surface area contributed by atoms with E-state index in [-0.39, 0.29) is 18.7 Å². The predicted octanol–water partition coefficient (Wildman–Crippen LogP) is 2.48. The minimum Gasteiger partial charge on any atom is -0.481 e. The lowest BCUT2D eigenvalue weighted by Gasteiger charge is -2.11. The molecule has 0 heterocycles. The molecule has 0 spiro atoms. The third-order valence-corrected chi connectivity index (χ3v) is 3.22. The maximum Gasteiger partial charge on any atom is 0.303 e. The van der Waals surface area contributed by atoms with Gasteiger partial charge in [0.2, 0.25) is 5.91 Å². The largest absolute Gasteiger partial charge is 0.481 e. The first kappa shape index (κ1) is 15.2. The highest BCUT2D eigenvalue weighted by molar-refractivity contribution is 5.76. The molecule has 0 unspecified atom stereocenters. The minimum atomic E-state index is -0.863. The topological polar surface area (TPSA) is 66.4 Å². The molecule has 0 atom stereocenters. The summed E-state index contributed by atoms with van der Waals surface area (Å²) in [5.74, 6) is -0.961. The molecule has 0 saturated carbocycles. The van der Waals surface area contributed by atoms with Gasteiger partial charge in [0.1, 0.15) is 0 Å². The molecule has 4 heteroatoms. The molecule has 0 saturated heterocycles. The fourth-order valence-electron chi connectivity index (χ4n) is 1.89. The van der Waals surface area contributed by atoms with E-state index in [4.69, 9.17) is 5.11 Å². The van der Waals surface area contributed by atoms with Gasteiger partial charge < -0.3 is 10.4 Å². The highest BCUT2D eigenvalue weighted by Crippen LogP contribution is 2.15. The van der Waals surface area contributed by atoms with Crippen LogP contribution in [0.3, 0.4) is 0 Å². The van der Waals surface area contributed by atoms with E-state index in [0.717, 1.165) is 11.1 Å². The summed E-state index contributed by atoms with van der Waals surface area (Å²) in [5, 5.41) is 11.3. The Labute approximate surface area is 113 Å². The van der Waals surface area contributed by atoms with Gasteiger partial charge in [-0.05, 0) is 49.4 Å². The SMILES string of the molecule is Cc1cc(C)c(CNC(=O)CCCC(=O)O)cc1C. The lowest BCUT2D eigenvalue weighted by atomic mass is 10.0. The Morgan fingerprint density at radius 1 is 1.05 bits per heavy atom. The fraction of sp³-hybridized carbons (Fsp3) is 0.467. The van der Waals surface area contributed by atoms with Gasteiger partial charge in [-0.25, -0.2) is 0 Å². The van der Waals surface area contributed by atoms with Crippen molar-refractivity contribution in [1.29, 1.82) is 0 Å². The Balaban J connectivity index is 2.46. The summed E-state index contributed by atoms with van der Waals surface area (Å²) in [7, 11) is 0. The maximum absolute atomic E-state index is 11.6. The van der Waals surface area contributed by atoms with E-state index in [2.05, 4.69) is 24.4 Å². The maximum atomic E-state index is 11.6. The Hall–Kier alpha value is -1.84. The molecule has 4 nitrogen and oxygen atoms in total. The van der Waals surface area contributed by atoms with Crippen molar-refractivity contribution >= 4 is 11.9 Å². The van der Waals surface area contributed by atoms with E-state index in [1.165, 1.54) is 11.1 Å². The molecular weight excluding hydrogens is 242 g/mol. The third kappa shape index (κ3) is 5.12. The summed E-state index contributed by atoms with van der Waals surface area (Å²) in [6.45, 7) is 6.64. The van der Waals surface area contributed by atoms with Crippen LogP contribution in [0.1, 0.15) is 41.5 Å². The second-order valence-electron chi connectivity index (χ2n) is 4.89. The molecule has 0 aliphatic heterocycles. The zero-order valence-electron chi connectivity index (χ0n) is 11.7. The number of carboxylic acid groups (broad SMARTS) is 1. The highest BCUT2D eigenvalue weighted by atomic mass is 16.4. The number of rotatable bonds is 6. The van der Waals surface area contributed by atoms with Crippen LogP contribution in [0, 0.1) is 20.8 Å². The van der Waals surface area contributed by atoms with Crippen LogP contribution in [0.5, 0.6) is 0 Å².